The first-order valence-corrected chi connectivity index (χ1v) is 16.1. The fourth-order valence-electron chi connectivity index (χ4n) is 5.35. The van der Waals surface area contributed by atoms with E-state index in [1.165, 1.54) is 10.4 Å². The number of nitrogens with zero attached hydrogens (tertiary/aromatic N) is 1. The predicted molar refractivity (Wildman–Crippen MR) is 174 cm³/mol. The minimum absolute atomic E-state index is 0.0361. The Morgan fingerprint density at radius 3 is 2.16 bits per heavy atom. The molecule has 8 nitrogen and oxygen atoms in total. The number of amides is 1. The number of carbonyl (C=O) groups is 2. The monoisotopic (exact) mass is 611 g/mol. The second-order valence-corrected chi connectivity index (χ2v) is 14.0. The molecule has 5 rings (SSSR count). The zero-order chi connectivity index (χ0) is 31.5. The molecule has 0 saturated carbocycles. The van der Waals surface area contributed by atoms with Gasteiger partial charge >= 0.3 is 5.97 Å². The molecule has 1 aliphatic heterocycles. The number of hydrogen-bond acceptors (Lipinski definition) is 5. The van der Waals surface area contributed by atoms with Gasteiger partial charge in [-0.2, -0.15) is 4.31 Å². The molecule has 4 aromatic carbocycles. The highest BCUT2D eigenvalue weighted by Gasteiger charge is 2.31. The van der Waals surface area contributed by atoms with Gasteiger partial charge in [-0.15, -0.1) is 0 Å². The summed E-state index contributed by atoms with van der Waals surface area (Å²) in [6.07, 6.45) is 1.27. The minimum Gasteiger partial charge on any atom is -0.478 e. The van der Waals surface area contributed by atoms with E-state index < -0.39 is 16.0 Å². The van der Waals surface area contributed by atoms with Gasteiger partial charge < -0.3 is 15.7 Å². The van der Waals surface area contributed by atoms with Gasteiger partial charge in [0.1, 0.15) is 0 Å². The van der Waals surface area contributed by atoms with Crippen LogP contribution >= 0.6 is 0 Å². The number of aromatic carboxylic acids is 1. The van der Waals surface area contributed by atoms with Crippen molar-refractivity contribution in [3.63, 3.8) is 0 Å². The Bertz CT molecular complexity index is 1750. The number of carbonyl (C=O) groups excluding carboxylic acids is 1. The van der Waals surface area contributed by atoms with Crippen LogP contribution in [0.3, 0.4) is 0 Å². The fourth-order valence-corrected chi connectivity index (χ4v) is 6.87. The van der Waals surface area contributed by atoms with Crippen molar-refractivity contribution in [1.82, 2.24) is 4.31 Å². The Kier molecular flexibility index (Phi) is 8.90. The molecule has 4 aromatic rings. The number of sulfonamides is 1. The highest BCUT2D eigenvalue weighted by molar-refractivity contribution is 7.89. The third-order valence-electron chi connectivity index (χ3n) is 7.86. The van der Waals surface area contributed by atoms with Crippen LogP contribution in [0.25, 0.3) is 11.1 Å². The van der Waals surface area contributed by atoms with Crippen LogP contribution < -0.4 is 10.6 Å². The van der Waals surface area contributed by atoms with E-state index in [9.17, 15) is 23.1 Å². The quantitative estimate of drug-likeness (QED) is 0.200. The molecule has 0 radical (unpaired) electrons. The van der Waals surface area contributed by atoms with Gasteiger partial charge in [-0.1, -0.05) is 75.4 Å². The Labute approximate surface area is 258 Å². The number of anilines is 2. The van der Waals surface area contributed by atoms with Gasteiger partial charge in [0.25, 0.3) is 5.91 Å². The fraction of sp³-hybridized carbons (Fsp3) is 0.257. The van der Waals surface area contributed by atoms with Crippen molar-refractivity contribution in [1.29, 1.82) is 0 Å². The van der Waals surface area contributed by atoms with Crippen LogP contribution in [0.15, 0.2) is 102 Å². The maximum atomic E-state index is 13.6. The molecule has 228 valence electrons. The van der Waals surface area contributed by atoms with Gasteiger partial charge in [-0.25, -0.2) is 13.2 Å². The number of piperidine rings is 1. The topological polar surface area (TPSA) is 116 Å². The van der Waals surface area contributed by atoms with E-state index in [2.05, 4.69) is 31.4 Å². The zero-order valence-corrected chi connectivity index (χ0v) is 25.9. The molecule has 0 aliphatic carbocycles. The summed E-state index contributed by atoms with van der Waals surface area (Å²) < 4.78 is 28.5. The Hall–Kier alpha value is -4.47. The van der Waals surface area contributed by atoms with Gasteiger partial charge in [0.05, 0.1) is 16.1 Å². The molecule has 1 fully saturated rings. The van der Waals surface area contributed by atoms with Crippen molar-refractivity contribution in [2.75, 3.05) is 23.7 Å². The van der Waals surface area contributed by atoms with E-state index >= 15 is 0 Å². The van der Waals surface area contributed by atoms with E-state index in [1.807, 2.05) is 42.5 Å². The number of benzene rings is 4. The second kappa shape index (κ2) is 12.6. The third kappa shape index (κ3) is 7.01. The van der Waals surface area contributed by atoms with Crippen LogP contribution in [-0.4, -0.2) is 48.8 Å². The molecule has 0 spiro atoms. The summed E-state index contributed by atoms with van der Waals surface area (Å²) >= 11 is 0. The lowest BCUT2D eigenvalue weighted by atomic mass is 9.87. The van der Waals surface area contributed by atoms with Crippen molar-refractivity contribution in [3.8, 4) is 11.1 Å². The number of nitrogens with one attached hydrogen (secondary N) is 2. The summed E-state index contributed by atoms with van der Waals surface area (Å²) in [5.41, 5.74) is 4.27. The van der Waals surface area contributed by atoms with E-state index in [-0.39, 0.29) is 34.4 Å². The molecule has 1 aliphatic rings. The van der Waals surface area contributed by atoms with Crippen LogP contribution in [0.2, 0.25) is 0 Å². The normalized spacial score (nSPS) is 15.8. The Balaban J connectivity index is 1.30. The maximum absolute atomic E-state index is 13.6. The smallest absolute Gasteiger partial charge is 0.337 e. The summed E-state index contributed by atoms with van der Waals surface area (Å²) in [5, 5.41) is 15.9. The van der Waals surface area contributed by atoms with Crippen molar-refractivity contribution < 1.29 is 23.1 Å². The summed E-state index contributed by atoms with van der Waals surface area (Å²) in [6.45, 7) is 6.86. The lowest BCUT2D eigenvalue weighted by Gasteiger charge is -2.33. The highest BCUT2D eigenvalue weighted by Crippen LogP contribution is 2.28. The predicted octanol–water partition coefficient (Wildman–Crippen LogP) is 6.87. The number of hydrogen-bond donors (Lipinski definition) is 3. The SMILES string of the molecule is CC(C)(C)c1ccc(C(=O)Nc2ccc(C(=O)O)c(NC3CCCN(S(=O)(=O)c4ccc(-c5ccccc5)cc4)C3)c2)cc1. The summed E-state index contributed by atoms with van der Waals surface area (Å²) in [6, 6.07) is 28.3. The molecule has 1 amide bonds. The molecule has 1 unspecified atom stereocenters. The largest absolute Gasteiger partial charge is 0.478 e. The molecule has 1 atom stereocenters. The lowest BCUT2D eigenvalue weighted by molar-refractivity contribution is 0.0697. The first kappa shape index (κ1) is 31.0. The van der Waals surface area contributed by atoms with Crippen molar-refractivity contribution >= 4 is 33.3 Å². The lowest BCUT2D eigenvalue weighted by Crippen LogP contribution is -2.45. The first-order valence-electron chi connectivity index (χ1n) is 14.6. The van der Waals surface area contributed by atoms with Gasteiger partial charge in [-0.05, 0) is 77.4 Å². The van der Waals surface area contributed by atoms with Crippen LogP contribution in [0.4, 0.5) is 11.4 Å². The van der Waals surface area contributed by atoms with Crippen LogP contribution in [0, 0.1) is 0 Å². The van der Waals surface area contributed by atoms with Gasteiger partial charge in [0.15, 0.2) is 0 Å². The van der Waals surface area contributed by atoms with E-state index in [0.717, 1.165) is 16.7 Å². The zero-order valence-electron chi connectivity index (χ0n) is 25.1. The second-order valence-electron chi connectivity index (χ2n) is 12.1. The van der Waals surface area contributed by atoms with Crippen LogP contribution in [-0.2, 0) is 15.4 Å². The van der Waals surface area contributed by atoms with Crippen molar-refractivity contribution in [2.45, 2.75) is 50.0 Å². The average molecular weight is 612 g/mol. The van der Waals surface area contributed by atoms with Crippen molar-refractivity contribution in [2.24, 2.45) is 0 Å². The molecule has 9 heteroatoms. The average Bonchev–Trinajstić information content (AvgIpc) is 3.01. The molecule has 0 aromatic heterocycles. The molecule has 44 heavy (non-hydrogen) atoms. The maximum Gasteiger partial charge on any atom is 0.337 e. The number of carboxylic acids is 1. The summed E-state index contributed by atoms with van der Waals surface area (Å²) in [7, 11) is -3.76. The molecule has 1 heterocycles. The van der Waals surface area contributed by atoms with Gasteiger partial charge in [0, 0.05) is 30.4 Å². The Morgan fingerprint density at radius 1 is 0.864 bits per heavy atom. The first-order chi connectivity index (χ1) is 20.9. The number of carboxylic acid groups (broad SMARTS) is 1. The number of rotatable bonds is 8. The summed E-state index contributed by atoms with van der Waals surface area (Å²) in [5.74, 6) is -1.44. The highest BCUT2D eigenvalue weighted by atomic mass is 32.2. The summed E-state index contributed by atoms with van der Waals surface area (Å²) in [4.78, 5) is 25.2. The van der Waals surface area contributed by atoms with Gasteiger partial charge in [-0.3, -0.25) is 4.79 Å². The van der Waals surface area contributed by atoms with E-state index in [4.69, 9.17) is 0 Å². The Morgan fingerprint density at radius 2 is 1.52 bits per heavy atom. The molecular formula is C35H37N3O5S. The van der Waals surface area contributed by atoms with Crippen molar-refractivity contribution in [3.05, 3.63) is 114 Å². The minimum atomic E-state index is -3.76. The van der Waals surface area contributed by atoms with Gasteiger partial charge in [0.2, 0.25) is 10.0 Å². The third-order valence-corrected chi connectivity index (χ3v) is 9.74. The van der Waals surface area contributed by atoms with E-state index in [1.54, 1.807) is 48.5 Å². The molecule has 3 N–H and O–H groups in total. The molecular weight excluding hydrogens is 574 g/mol. The van der Waals surface area contributed by atoms with E-state index in [0.29, 0.717) is 36.3 Å². The van der Waals surface area contributed by atoms with Crippen LogP contribution in [0.1, 0.15) is 59.9 Å². The molecule has 1 saturated heterocycles. The molecule has 0 bridgehead atoms. The standard InChI is InChI=1S/C35H37N3O5S/c1-35(2,3)27-15-11-26(12-16-27)33(39)37-28-17-20-31(34(40)41)32(22-28)36-29-10-7-21-38(23-29)44(42,43)30-18-13-25(14-19-30)24-8-5-4-6-9-24/h4-6,8-9,11-20,22,29,36H,7,10,21,23H2,1-3H3,(H,37,39)(H,40,41). The van der Waals surface area contributed by atoms with Crippen LogP contribution in [0.5, 0.6) is 0 Å².